The predicted molar refractivity (Wildman–Crippen MR) is 238 cm³/mol. The molecule has 0 saturated carbocycles. The van der Waals surface area contributed by atoms with Crippen LogP contribution in [-0.4, -0.2) is 9.97 Å². The monoisotopic (exact) mass is 728 g/mol. The van der Waals surface area contributed by atoms with Crippen molar-refractivity contribution >= 4 is 0 Å². The SMILES string of the molecule is CC1(C)c2ccccc2-c2ccc(-c3cccc(-c4ccc(-c5nc(-c6cccc(-c7ccccc7)c6)cc(-c6cccc(-c7ccccc7)c6)n5)cc4)c3)cc21. The van der Waals surface area contributed by atoms with Gasteiger partial charge < -0.3 is 0 Å². The molecule has 0 N–H and O–H groups in total. The van der Waals surface area contributed by atoms with E-state index in [1.54, 1.807) is 0 Å². The molecule has 0 saturated heterocycles. The molecule has 2 heteroatoms. The number of aromatic nitrogens is 2. The molecular weight excluding hydrogens is 689 g/mol. The van der Waals surface area contributed by atoms with Gasteiger partial charge in [0.05, 0.1) is 11.4 Å². The third kappa shape index (κ3) is 6.46. The Balaban J connectivity index is 1.01. The van der Waals surface area contributed by atoms with Crippen LogP contribution in [0.1, 0.15) is 25.0 Å². The van der Waals surface area contributed by atoms with E-state index in [0.717, 1.165) is 44.8 Å². The van der Waals surface area contributed by atoms with Crippen LogP contribution < -0.4 is 0 Å². The second-order valence-electron chi connectivity index (χ2n) is 15.4. The average molecular weight is 729 g/mol. The third-order valence-electron chi connectivity index (χ3n) is 11.5. The first-order valence-corrected chi connectivity index (χ1v) is 19.6. The topological polar surface area (TPSA) is 25.8 Å². The minimum Gasteiger partial charge on any atom is -0.228 e. The normalized spacial score (nSPS) is 12.5. The zero-order valence-electron chi connectivity index (χ0n) is 32.0. The summed E-state index contributed by atoms with van der Waals surface area (Å²) >= 11 is 0. The van der Waals surface area contributed by atoms with Gasteiger partial charge in [0.25, 0.3) is 0 Å². The van der Waals surface area contributed by atoms with E-state index < -0.39 is 0 Å². The minimum atomic E-state index is -0.0377. The molecule has 270 valence electrons. The number of nitrogens with zero attached hydrogens (tertiary/aromatic N) is 2. The maximum absolute atomic E-state index is 5.22. The second kappa shape index (κ2) is 14.2. The molecule has 1 heterocycles. The summed E-state index contributed by atoms with van der Waals surface area (Å²) in [5.74, 6) is 0.694. The highest BCUT2D eigenvalue weighted by atomic mass is 14.9. The van der Waals surface area contributed by atoms with E-state index in [1.165, 1.54) is 50.1 Å². The predicted octanol–water partition coefficient (Wildman–Crippen LogP) is 14.5. The Morgan fingerprint density at radius 2 is 0.667 bits per heavy atom. The smallest absolute Gasteiger partial charge is 0.160 e. The lowest BCUT2D eigenvalue weighted by molar-refractivity contribution is 0.660. The van der Waals surface area contributed by atoms with Crippen molar-refractivity contribution in [2.75, 3.05) is 0 Å². The molecule has 1 aliphatic rings. The van der Waals surface area contributed by atoms with Crippen LogP contribution in [-0.2, 0) is 5.41 Å². The van der Waals surface area contributed by atoms with Gasteiger partial charge in [-0.25, -0.2) is 9.97 Å². The van der Waals surface area contributed by atoms with Crippen molar-refractivity contribution in [3.05, 3.63) is 217 Å². The molecule has 0 bridgehead atoms. The van der Waals surface area contributed by atoms with Gasteiger partial charge in [0.1, 0.15) is 0 Å². The Kier molecular flexibility index (Phi) is 8.53. The van der Waals surface area contributed by atoms with Crippen LogP contribution in [0.15, 0.2) is 206 Å². The lowest BCUT2D eigenvalue weighted by Gasteiger charge is -2.22. The van der Waals surface area contributed by atoms with Gasteiger partial charge in [-0.15, -0.1) is 0 Å². The van der Waals surface area contributed by atoms with Crippen molar-refractivity contribution < 1.29 is 0 Å². The molecule has 1 aromatic heterocycles. The van der Waals surface area contributed by atoms with Gasteiger partial charge in [-0.1, -0.05) is 190 Å². The highest BCUT2D eigenvalue weighted by molar-refractivity contribution is 5.85. The molecule has 1 aliphatic carbocycles. The zero-order valence-corrected chi connectivity index (χ0v) is 32.0. The number of hydrogen-bond donors (Lipinski definition) is 0. The van der Waals surface area contributed by atoms with Gasteiger partial charge >= 0.3 is 0 Å². The molecule has 57 heavy (non-hydrogen) atoms. The molecule has 0 radical (unpaired) electrons. The first-order valence-electron chi connectivity index (χ1n) is 19.6. The Bertz CT molecular complexity index is 2810. The Labute approximate surface area is 334 Å². The third-order valence-corrected chi connectivity index (χ3v) is 11.5. The molecule has 0 spiro atoms. The Morgan fingerprint density at radius 3 is 1.25 bits per heavy atom. The lowest BCUT2D eigenvalue weighted by atomic mass is 9.81. The van der Waals surface area contributed by atoms with E-state index in [1.807, 2.05) is 0 Å². The molecule has 8 aromatic carbocycles. The van der Waals surface area contributed by atoms with Gasteiger partial charge in [-0.2, -0.15) is 0 Å². The van der Waals surface area contributed by atoms with E-state index in [0.29, 0.717) is 5.82 Å². The van der Waals surface area contributed by atoms with Gasteiger partial charge in [-0.3, -0.25) is 0 Å². The van der Waals surface area contributed by atoms with Gasteiger partial charge in [0.2, 0.25) is 0 Å². The van der Waals surface area contributed by atoms with Crippen LogP contribution in [0.5, 0.6) is 0 Å². The van der Waals surface area contributed by atoms with Crippen LogP contribution in [0.3, 0.4) is 0 Å². The molecular formula is C55H40N2. The molecule has 0 atom stereocenters. The van der Waals surface area contributed by atoms with Gasteiger partial charge in [-0.05, 0) is 97.1 Å². The molecule has 0 fully saturated rings. The Morgan fingerprint density at radius 1 is 0.281 bits per heavy atom. The van der Waals surface area contributed by atoms with Crippen LogP contribution in [0.25, 0.3) is 89.5 Å². The second-order valence-corrected chi connectivity index (χ2v) is 15.4. The molecule has 10 rings (SSSR count). The van der Waals surface area contributed by atoms with Crippen molar-refractivity contribution in [1.82, 2.24) is 9.97 Å². The van der Waals surface area contributed by atoms with Crippen molar-refractivity contribution in [2.24, 2.45) is 0 Å². The summed E-state index contributed by atoms with van der Waals surface area (Å²) in [5, 5.41) is 0. The Hall–Kier alpha value is -7.16. The van der Waals surface area contributed by atoms with Crippen molar-refractivity contribution in [3.63, 3.8) is 0 Å². The summed E-state index contributed by atoms with van der Waals surface area (Å²) in [6, 6.07) is 73.8. The summed E-state index contributed by atoms with van der Waals surface area (Å²) < 4.78 is 0. The fraction of sp³-hybridized carbons (Fsp3) is 0.0545. The quantitative estimate of drug-likeness (QED) is 0.163. The minimum absolute atomic E-state index is 0.0377. The largest absolute Gasteiger partial charge is 0.228 e. The highest BCUT2D eigenvalue weighted by Gasteiger charge is 2.35. The van der Waals surface area contributed by atoms with Gasteiger partial charge in [0, 0.05) is 22.1 Å². The van der Waals surface area contributed by atoms with Crippen LogP contribution in [0.2, 0.25) is 0 Å². The van der Waals surface area contributed by atoms with E-state index in [-0.39, 0.29) is 5.41 Å². The molecule has 2 nitrogen and oxygen atoms in total. The average Bonchev–Trinajstić information content (AvgIpc) is 3.52. The van der Waals surface area contributed by atoms with Crippen LogP contribution in [0.4, 0.5) is 0 Å². The first-order chi connectivity index (χ1) is 28.0. The van der Waals surface area contributed by atoms with E-state index in [2.05, 4.69) is 220 Å². The molecule has 0 unspecified atom stereocenters. The molecule has 0 amide bonds. The van der Waals surface area contributed by atoms with Crippen LogP contribution >= 0.6 is 0 Å². The number of rotatable bonds is 7. The summed E-state index contributed by atoms with van der Waals surface area (Å²) in [6.45, 7) is 4.68. The van der Waals surface area contributed by atoms with Crippen molar-refractivity contribution in [3.8, 4) is 89.5 Å². The standard InChI is InChI=1S/C55H40N2/c1-55(2)50-25-10-9-24-48(50)49-31-30-45(35-51(49)55)44-21-11-18-41(32-44)39-26-28-40(29-27-39)54-56-52(46-22-12-19-42(33-46)37-14-5-3-6-15-37)36-53(57-54)47-23-13-20-43(34-47)38-16-7-4-8-17-38/h3-36H,1-2H3. The lowest BCUT2D eigenvalue weighted by Crippen LogP contribution is -2.14. The number of hydrogen-bond acceptors (Lipinski definition) is 2. The maximum atomic E-state index is 5.22. The summed E-state index contributed by atoms with van der Waals surface area (Å²) in [4.78, 5) is 10.4. The summed E-state index contributed by atoms with van der Waals surface area (Å²) in [7, 11) is 0. The van der Waals surface area contributed by atoms with E-state index in [9.17, 15) is 0 Å². The summed E-state index contributed by atoms with van der Waals surface area (Å²) in [6.07, 6.45) is 0. The fourth-order valence-corrected chi connectivity index (χ4v) is 8.42. The van der Waals surface area contributed by atoms with E-state index >= 15 is 0 Å². The molecule has 0 aliphatic heterocycles. The van der Waals surface area contributed by atoms with Crippen LogP contribution in [0, 0.1) is 0 Å². The van der Waals surface area contributed by atoms with Crippen molar-refractivity contribution in [2.45, 2.75) is 19.3 Å². The first kappa shape index (κ1) is 34.3. The van der Waals surface area contributed by atoms with Gasteiger partial charge in [0.15, 0.2) is 5.82 Å². The summed E-state index contributed by atoms with van der Waals surface area (Å²) in [5.41, 5.74) is 19.7. The number of benzene rings is 8. The number of fused-ring (bicyclic) bond motifs is 3. The van der Waals surface area contributed by atoms with E-state index in [4.69, 9.17) is 9.97 Å². The maximum Gasteiger partial charge on any atom is 0.160 e. The highest BCUT2D eigenvalue weighted by Crippen LogP contribution is 2.49. The van der Waals surface area contributed by atoms with Crippen molar-refractivity contribution in [1.29, 1.82) is 0 Å². The fourth-order valence-electron chi connectivity index (χ4n) is 8.42. The molecule has 9 aromatic rings. The zero-order chi connectivity index (χ0) is 38.3.